The summed E-state index contributed by atoms with van der Waals surface area (Å²) in [7, 11) is 0. The molecule has 1 aliphatic rings. The first-order chi connectivity index (χ1) is 9.92. The Hall–Kier alpha value is -1.35. The Bertz CT molecular complexity index is 496. The molecular formula is C17H24N2O. The molecule has 1 fully saturated rings. The number of unbranched alkanes of at least 4 members (excludes halogenated alkanes) is 2. The molecule has 0 atom stereocenters. The van der Waals surface area contributed by atoms with Crippen LogP contribution in [-0.2, 0) is 6.42 Å². The maximum absolute atomic E-state index is 5.74. The predicted octanol–water partition coefficient (Wildman–Crippen LogP) is 4.03. The number of para-hydroxylation sites is 2. The zero-order valence-electron chi connectivity index (χ0n) is 12.2. The van der Waals surface area contributed by atoms with Crippen LogP contribution in [0.5, 0.6) is 0 Å². The smallest absolute Gasteiger partial charge is 0.195 e. The number of hydrogen-bond acceptors (Lipinski definition) is 3. The molecule has 0 N–H and O–H groups in total. The number of aryl methyl sites for hydroxylation is 1. The molecule has 0 spiro atoms. The Labute approximate surface area is 121 Å². The summed E-state index contributed by atoms with van der Waals surface area (Å²) in [6.45, 7) is 3.89. The Morgan fingerprint density at radius 2 is 1.85 bits per heavy atom. The molecule has 20 heavy (non-hydrogen) atoms. The van der Waals surface area contributed by atoms with Crippen molar-refractivity contribution in [1.82, 2.24) is 9.88 Å². The van der Waals surface area contributed by atoms with Crippen molar-refractivity contribution in [3.05, 3.63) is 30.2 Å². The van der Waals surface area contributed by atoms with Crippen LogP contribution in [-0.4, -0.2) is 29.5 Å². The molecule has 1 aliphatic heterocycles. The number of hydrogen-bond donors (Lipinski definition) is 0. The lowest BCUT2D eigenvalue weighted by atomic mass is 10.1. The van der Waals surface area contributed by atoms with E-state index in [1.54, 1.807) is 0 Å². The Morgan fingerprint density at radius 3 is 2.70 bits per heavy atom. The fourth-order valence-corrected chi connectivity index (χ4v) is 3.00. The van der Waals surface area contributed by atoms with Crippen LogP contribution < -0.4 is 0 Å². The van der Waals surface area contributed by atoms with E-state index in [-0.39, 0.29) is 0 Å². The Morgan fingerprint density at radius 1 is 1.00 bits per heavy atom. The van der Waals surface area contributed by atoms with Gasteiger partial charge < -0.3 is 9.32 Å². The Balaban J connectivity index is 1.37. The number of nitrogens with zero attached hydrogens (tertiary/aromatic N) is 2. The number of fused-ring (bicyclic) bond motifs is 1. The highest BCUT2D eigenvalue weighted by molar-refractivity contribution is 5.72. The van der Waals surface area contributed by atoms with Gasteiger partial charge in [-0.2, -0.15) is 0 Å². The second-order valence-electron chi connectivity index (χ2n) is 5.79. The number of rotatable bonds is 6. The van der Waals surface area contributed by atoms with E-state index in [2.05, 4.69) is 9.88 Å². The summed E-state index contributed by atoms with van der Waals surface area (Å²) in [5.41, 5.74) is 1.90. The molecule has 108 valence electrons. The van der Waals surface area contributed by atoms with Crippen molar-refractivity contribution >= 4 is 11.1 Å². The van der Waals surface area contributed by atoms with E-state index >= 15 is 0 Å². The van der Waals surface area contributed by atoms with Gasteiger partial charge in [-0.05, 0) is 57.5 Å². The van der Waals surface area contributed by atoms with Gasteiger partial charge in [0.15, 0.2) is 11.5 Å². The zero-order chi connectivity index (χ0) is 13.6. The van der Waals surface area contributed by atoms with Crippen LogP contribution in [0.2, 0.25) is 0 Å². The summed E-state index contributed by atoms with van der Waals surface area (Å²) in [4.78, 5) is 7.14. The fraction of sp³-hybridized carbons (Fsp3) is 0.588. The van der Waals surface area contributed by atoms with Crippen molar-refractivity contribution in [2.24, 2.45) is 0 Å². The lowest BCUT2D eigenvalue weighted by molar-refractivity contribution is 0.224. The standard InChI is InChI=1S/C17H24N2O/c1(6-12-19-13-7-2-8-14-19)3-11-17-18-15-9-4-5-10-16(15)20-17/h4-5,9-10H,1-3,6-8,11-14H2. The maximum atomic E-state index is 5.74. The molecule has 3 rings (SSSR count). The summed E-state index contributed by atoms with van der Waals surface area (Å²) in [6, 6.07) is 8.00. The van der Waals surface area contributed by atoms with Gasteiger partial charge in [0, 0.05) is 6.42 Å². The first-order valence-corrected chi connectivity index (χ1v) is 7.99. The summed E-state index contributed by atoms with van der Waals surface area (Å²) in [5, 5.41) is 0. The monoisotopic (exact) mass is 272 g/mol. The molecule has 0 bridgehead atoms. The van der Waals surface area contributed by atoms with E-state index < -0.39 is 0 Å². The fourth-order valence-electron chi connectivity index (χ4n) is 3.00. The molecule has 2 aromatic rings. The number of likely N-dealkylation sites (tertiary alicyclic amines) is 1. The van der Waals surface area contributed by atoms with Gasteiger partial charge in [0.05, 0.1) is 0 Å². The van der Waals surface area contributed by atoms with Crippen molar-refractivity contribution in [3.8, 4) is 0 Å². The van der Waals surface area contributed by atoms with Crippen molar-refractivity contribution in [2.45, 2.75) is 44.9 Å². The first kappa shape index (κ1) is 13.6. The summed E-state index contributed by atoms with van der Waals surface area (Å²) >= 11 is 0. The van der Waals surface area contributed by atoms with Gasteiger partial charge in [-0.3, -0.25) is 0 Å². The maximum Gasteiger partial charge on any atom is 0.195 e. The number of piperidine rings is 1. The van der Waals surface area contributed by atoms with E-state index in [0.717, 1.165) is 23.4 Å². The lowest BCUT2D eigenvalue weighted by Gasteiger charge is -2.26. The minimum Gasteiger partial charge on any atom is -0.441 e. The van der Waals surface area contributed by atoms with E-state index in [9.17, 15) is 0 Å². The van der Waals surface area contributed by atoms with Crippen LogP contribution in [0.15, 0.2) is 28.7 Å². The third-order valence-electron chi connectivity index (χ3n) is 4.15. The minimum atomic E-state index is 0.893. The number of oxazole rings is 1. The van der Waals surface area contributed by atoms with Crippen LogP contribution in [0.25, 0.3) is 11.1 Å². The quantitative estimate of drug-likeness (QED) is 0.744. The van der Waals surface area contributed by atoms with Crippen molar-refractivity contribution in [2.75, 3.05) is 19.6 Å². The average Bonchev–Trinajstić information content (AvgIpc) is 2.90. The third-order valence-corrected chi connectivity index (χ3v) is 4.15. The molecular weight excluding hydrogens is 248 g/mol. The highest BCUT2D eigenvalue weighted by Crippen LogP contribution is 2.16. The van der Waals surface area contributed by atoms with Crippen LogP contribution in [0.1, 0.15) is 44.4 Å². The average molecular weight is 272 g/mol. The molecule has 1 saturated heterocycles. The molecule has 0 unspecified atom stereocenters. The highest BCUT2D eigenvalue weighted by atomic mass is 16.3. The predicted molar refractivity (Wildman–Crippen MR) is 81.9 cm³/mol. The Kier molecular flexibility index (Phi) is 4.69. The molecule has 0 aliphatic carbocycles. The number of aromatic nitrogens is 1. The number of benzene rings is 1. The normalized spacial score (nSPS) is 16.8. The molecule has 0 amide bonds. The van der Waals surface area contributed by atoms with Gasteiger partial charge in [0.2, 0.25) is 0 Å². The molecule has 2 heterocycles. The zero-order valence-corrected chi connectivity index (χ0v) is 12.2. The molecule has 1 aromatic carbocycles. The SMILES string of the molecule is c1ccc2oc(CCCCCN3CCCCC3)nc2c1. The molecule has 0 saturated carbocycles. The minimum absolute atomic E-state index is 0.893. The van der Waals surface area contributed by atoms with Gasteiger partial charge in [-0.1, -0.05) is 25.0 Å². The summed E-state index contributed by atoms with van der Waals surface area (Å²) < 4.78 is 5.74. The lowest BCUT2D eigenvalue weighted by Crippen LogP contribution is -2.30. The highest BCUT2D eigenvalue weighted by Gasteiger charge is 2.09. The summed E-state index contributed by atoms with van der Waals surface area (Å²) in [5.74, 6) is 0.893. The van der Waals surface area contributed by atoms with Crippen molar-refractivity contribution < 1.29 is 4.42 Å². The summed E-state index contributed by atoms with van der Waals surface area (Å²) in [6.07, 6.45) is 8.94. The largest absolute Gasteiger partial charge is 0.441 e. The third kappa shape index (κ3) is 3.60. The van der Waals surface area contributed by atoms with Crippen LogP contribution in [0.3, 0.4) is 0 Å². The van der Waals surface area contributed by atoms with Crippen molar-refractivity contribution in [3.63, 3.8) is 0 Å². The second kappa shape index (κ2) is 6.89. The van der Waals surface area contributed by atoms with Gasteiger partial charge in [-0.25, -0.2) is 4.98 Å². The van der Waals surface area contributed by atoms with Crippen LogP contribution in [0, 0.1) is 0 Å². The van der Waals surface area contributed by atoms with E-state index in [1.807, 2.05) is 24.3 Å². The first-order valence-electron chi connectivity index (χ1n) is 7.99. The van der Waals surface area contributed by atoms with Gasteiger partial charge in [0.25, 0.3) is 0 Å². The molecule has 3 nitrogen and oxygen atoms in total. The molecule has 3 heteroatoms. The van der Waals surface area contributed by atoms with Gasteiger partial charge in [-0.15, -0.1) is 0 Å². The molecule has 1 aromatic heterocycles. The van der Waals surface area contributed by atoms with E-state index in [0.29, 0.717) is 0 Å². The van der Waals surface area contributed by atoms with E-state index in [1.165, 1.54) is 58.2 Å². The molecule has 0 radical (unpaired) electrons. The van der Waals surface area contributed by atoms with Gasteiger partial charge >= 0.3 is 0 Å². The van der Waals surface area contributed by atoms with E-state index in [4.69, 9.17) is 4.42 Å². The van der Waals surface area contributed by atoms with Gasteiger partial charge in [0.1, 0.15) is 5.52 Å². The topological polar surface area (TPSA) is 29.3 Å². The van der Waals surface area contributed by atoms with Crippen molar-refractivity contribution in [1.29, 1.82) is 0 Å². The second-order valence-corrected chi connectivity index (χ2v) is 5.79. The van der Waals surface area contributed by atoms with Crippen LogP contribution >= 0.6 is 0 Å². The van der Waals surface area contributed by atoms with Crippen LogP contribution in [0.4, 0.5) is 0 Å².